The van der Waals surface area contributed by atoms with Crippen LogP contribution in [0.3, 0.4) is 0 Å². The van der Waals surface area contributed by atoms with Gasteiger partial charge in [0.15, 0.2) is 12.3 Å². The van der Waals surface area contributed by atoms with Crippen molar-refractivity contribution in [3.05, 3.63) is 29.3 Å². The summed E-state index contributed by atoms with van der Waals surface area (Å²) in [7, 11) is 0. The molecule has 0 spiro atoms. The van der Waals surface area contributed by atoms with Crippen LogP contribution >= 0.6 is 0 Å². The smallest absolute Gasteiger partial charge is 0.287 e. The van der Waals surface area contributed by atoms with Gasteiger partial charge in [-0.25, -0.2) is 0 Å². The average Bonchev–Trinajstić information content (AvgIpc) is 2.82. The van der Waals surface area contributed by atoms with E-state index in [9.17, 15) is 0 Å². The summed E-state index contributed by atoms with van der Waals surface area (Å²) in [5.41, 5.74) is 2.47. The highest BCUT2D eigenvalue weighted by molar-refractivity contribution is 5.81. The molecule has 2 nitrogen and oxygen atoms in total. The lowest BCUT2D eigenvalue weighted by atomic mass is 10.1. The lowest BCUT2D eigenvalue weighted by Crippen LogP contribution is -2.32. The molecule has 1 aliphatic heterocycles. The van der Waals surface area contributed by atoms with E-state index in [-0.39, 0.29) is 0 Å². The normalized spacial score (nSPS) is 20.2. The van der Waals surface area contributed by atoms with Gasteiger partial charge in [-0.2, -0.15) is 4.58 Å². The Balaban J connectivity index is 1.94. The van der Waals surface area contributed by atoms with Crippen LogP contribution in [0.25, 0.3) is 0 Å². The molecule has 1 saturated carbocycles. The van der Waals surface area contributed by atoms with Crippen molar-refractivity contribution in [2.24, 2.45) is 0 Å². The number of nitrogens with zero attached hydrogens (tertiary/aromatic N) is 1. The Labute approximate surface area is 96.6 Å². The van der Waals surface area contributed by atoms with E-state index in [1.54, 1.807) is 0 Å². The molecule has 0 bridgehead atoms. The number of para-hydroxylation sites is 1. The van der Waals surface area contributed by atoms with Gasteiger partial charge < -0.3 is 4.74 Å². The van der Waals surface area contributed by atoms with Gasteiger partial charge in [0, 0.05) is 12.8 Å². The molecule has 1 heterocycles. The highest BCUT2D eigenvalue weighted by atomic mass is 16.5. The van der Waals surface area contributed by atoms with Crippen molar-refractivity contribution in [3.8, 4) is 5.75 Å². The fourth-order valence-electron chi connectivity index (χ4n) is 2.78. The van der Waals surface area contributed by atoms with Gasteiger partial charge in [0.25, 0.3) is 6.73 Å². The second-order valence-corrected chi connectivity index (χ2v) is 4.85. The topological polar surface area (TPSA) is 12.2 Å². The average molecular weight is 216 g/mol. The number of hydrogen-bond donors (Lipinski definition) is 0. The molecule has 1 aromatic rings. The first-order valence-corrected chi connectivity index (χ1v) is 6.17. The van der Waals surface area contributed by atoms with E-state index in [1.807, 2.05) is 0 Å². The fourth-order valence-corrected chi connectivity index (χ4v) is 2.78. The first kappa shape index (κ1) is 9.88. The predicted octanol–water partition coefficient (Wildman–Crippen LogP) is 2.72. The molecule has 1 fully saturated rings. The third kappa shape index (κ3) is 1.62. The lowest BCUT2D eigenvalue weighted by molar-refractivity contribution is -0.590. The second kappa shape index (κ2) is 3.93. The summed E-state index contributed by atoms with van der Waals surface area (Å²) < 4.78 is 8.24. The Morgan fingerprint density at radius 3 is 2.88 bits per heavy atom. The molecular weight excluding hydrogens is 198 g/mol. The molecule has 16 heavy (non-hydrogen) atoms. The fraction of sp³-hybridized carbons (Fsp3) is 0.500. The van der Waals surface area contributed by atoms with Crippen molar-refractivity contribution in [3.63, 3.8) is 0 Å². The standard InChI is InChI=1S/C14H18NO/c1-11-5-4-6-12-9-15(10-16-14(11)12)13-7-2-3-8-13/h4-6,9,13H,2-3,7-8,10H2,1H3/q+1. The summed E-state index contributed by atoms with van der Waals surface area (Å²) in [6.07, 6.45) is 7.66. The highest BCUT2D eigenvalue weighted by Crippen LogP contribution is 2.27. The minimum Gasteiger partial charge on any atom is -0.435 e. The van der Waals surface area contributed by atoms with Gasteiger partial charge in [0.05, 0.1) is 5.56 Å². The predicted molar refractivity (Wildman–Crippen MR) is 64.4 cm³/mol. The van der Waals surface area contributed by atoms with Crippen LogP contribution in [-0.4, -0.2) is 23.6 Å². The first-order valence-electron chi connectivity index (χ1n) is 6.17. The zero-order chi connectivity index (χ0) is 11.0. The summed E-state index contributed by atoms with van der Waals surface area (Å²) in [6.45, 7) is 2.83. The molecule has 0 N–H and O–H groups in total. The van der Waals surface area contributed by atoms with Crippen molar-refractivity contribution >= 4 is 6.21 Å². The molecule has 0 unspecified atom stereocenters. The van der Waals surface area contributed by atoms with E-state index >= 15 is 0 Å². The number of rotatable bonds is 1. The van der Waals surface area contributed by atoms with Crippen LogP contribution in [0.1, 0.15) is 36.8 Å². The molecule has 0 atom stereocenters. The van der Waals surface area contributed by atoms with Gasteiger partial charge in [0.1, 0.15) is 5.75 Å². The zero-order valence-electron chi connectivity index (χ0n) is 9.78. The van der Waals surface area contributed by atoms with Crippen molar-refractivity contribution in [2.75, 3.05) is 6.73 Å². The van der Waals surface area contributed by atoms with E-state index in [0.717, 1.165) is 12.5 Å². The second-order valence-electron chi connectivity index (χ2n) is 4.85. The van der Waals surface area contributed by atoms with E-state index in [2.05, 4.69) is 35.9 Å². The number of ether oxygens (including phenoxy) is 1. The van der Waals surface area contributed by atoms with Crippen LogP contribution in [0.4, 0.5) is 0 Å². The molecule has 2 heteroatoms. The number of aryl methyl sites for hydroxylation is 1. The quantitative estimate of drug-likeness (QED) is 0.657. The Morgan fingerprint density at radius 1 is 1.25 bits per heavy atom. The SMILES string of the molecule is Cc1cccc2c1OC[N+](C1CCCC1)=C2. The molecule has 84 valence electrons. The van der Waals surface area contributed by atoms with Crippen LogP contribution in [0, 0.1) is 6.92 Å². The molecule has 0 saturated heterocycles. The summed E-state index contributed by atoms with van der Waals surface area (Å²) in [6, 6.07) is 7.06. The van der Waals surface area contributed by atoms with Crippen LogP contribution < -0.4 is 4.74 Å². The Hall–Kier alpha value is -1.31. The highest BCUT2D eigenvalue weighted by Gasteiger charge is 2.28. The van der Waals surface area contributed by atoms with Gasteiger partial charge >= 0.3 is 0 Å². The summed E-state index contributed by atoms with van der Waals surface area (Å²) in [5, 5.41) is 0. The molecule has 0 aromatic heterocycles. The maximum absolute atomic E-state index is 5.87. The maximum Gasteiger partial charge on any atom is 0.287 e. The van der Waals surface area contributed by atoms with Crippen LogP contribution in [0.15, 0.2) is 18.2 Å². The number of benzene rings is 1. The zero-order valence-corrected chi connectivity index (χ0v) is 9.78. The summed E-state index contributed by atoms with van der Waals surface area (Å²) >= 11 is 0. The molecule has 3 rings (SSSR count). The molecule has 1 aromatic carbocycles. The van der Waals surface area contributed by atoms with E-state index in [4.69, 9.17) is 4.74 Å². The van der Waals surface area contributed by atoms with Gasteiger partial charge in [-0.1, -0.05) is 12.1 Å². The monoisotopic (exact) mass is 216 g/mol. The molecule has 2 aliphatic rings. The van der Waals surface area contributed by atoms with Crippen molar-refractivity contribution in [2.45, 2.75) is 38.6 Å². The number of hydrogen-bond acceptors (Lipinski definition) is 1. The largest absolute Gasteiger partial charge is 0.435 e. The Morgan fingerprint density at radius 2 is 2.06 bits per heavy atom. The molecule has 0 amide bonds. The lowest BCUT2D eigenvalue weighted by Gasteiger charge is -2.18. The molecule has 1 aliphatic carbocycles. The van der Waals surface area contributed by atoms with Gasteiger partial charge in [0.2, 0.25) is 0 Å². The van der Waals surface area contributed by atoms with E-state index in [1.165, 1.54) is 36.8 Å². The van der Waals surface area contributed by atoms with Crippen molar-refractivity contribution in [1.82, 2.24) is 0 Å². The molecule has 0 radical (unpaired) electrons. The van der Waals surface area contributed by atoms with Crippen molar-refractivity contribution in [1.29, 1.82) is 0 Å². The third-order valence-electron chi connectivity index (χ3n) is 3.70. The minimum atomic E-state index is 0.702. The van der Waals surface area contributed by atoms with Crippen LogP contribution in [-0.2, 0) is 0 Å². The minimum absolute atomic E-state index is 0.702. The molecular formula is C14H18NO+. The maximum atomic E-state index is 5.87. The van der Waals surface area contributed by atoms with Gasteiger partial charge in [-0.15, -0.1) is 0 Å². The van der Waals surface area contributed by atoms with Gasteiger partial charge in [-0.3, -0.25) is 0 Å². The Kier molecular flexibility index (Phi) is 2.43. The summed E-state index contributed by atoms with van der Waals surface area (Å²) in [4.78, 5) is 0. The first-order chi connectivity index (χ1) is 7.84. The van der Waals surface area contributed by atoms with Crippen LogP contribution in [0.2, 0.25) is 0 Å². The van der Waals surface area contributed by atoms with Gasteiger partial charge in [-0.05, 0) is 31.4 Å². The van der Waals surface area contributed by atoms with E-state index < -0.39 is 0 Å². The third-order valence-corrected chi connectivity index (χ3v) is 3.70. The van der Waals surface area contributed by atoms with E-state index in [0.29, 0.717) is 6.04 Å². The Bertz CT molecular complexity index is 430. The number of fused-ring (bicyclic) bond motifs is 1. The van der Waals surface area contributed by atoms with Crippen molar-refractivity contribution < 1.29 is 9.31 Å². The van der Waals surface area contributed by atoms with Crippen LogP contribution in [0.5, 0.6) is 5.75 Å². The summed E-state index contributed by atoms with van der Waals surface area (Å²) in [5.74, 6) is 1.07.